The molecule has 0 aliphatic rings. The maximum Gasteiger partial charge on any atom is 0.317 e. The van der Waals surface area contributed by atoms with E-state index >= 15 is 0 Å². The fourth-order valence-corrected chi connectivity index (χ4v) is 2.43. The molecule has 0 unspecified atom stereocenters. The van der Waals surface area contributed by atoms with Crippen molar-refractivity contribution in [3.05, 3.63) is 29.8 Å². The zero-order valence-corrected chi connectivity index (χ0v) is 13.4. The Morgan fingerprint density at radius 1 is 1.09 bits per heavy atom. The number of methoxy groups -OCH3 is 1. The summed E-state index contributed by atoms with van der Waals surface area (Å²) in [7, 11) is 1.55. The third kappa shape index (κ3) is 4.69. The van der Waals surface area contributed by atoms with Crippen molar-refractivity contribution in [3.8, 4) is 5.75 Å². The molecule has 1 aromatic rings. The average Bonchev–Trinajstić information content (AvgIpc) is 2.46. The predicted octanol–water partition coefficient (Wildman–Crippen LogP) is 2.53. The summed E-state index contributed by atoms with van der Waals surface area (Å²) < 4.78 is 10.1. The van der Waals surface area contributed by atoms with Crippen LogP contribution in [0.5, 0.6) is 5.75 Å². The Morgan fingerprint density at radius 3 is 2.09 bits per heavy atom. The first kappa shape index (κ1) is 17.9. The van der Waals surface area contributed by atoms with Crippen molar-refractivity contribution in [2.75, 3.05) is 13.7 Å². The molecule has 0 aliphatic carbocycles. The molecule has 5 nitrogen and oxygen atoms in total. The molecule has 120 valence electrons. The molecule has 2 atom stereocenters. The van der Waals surface area contributed by atoms with Crippen molar-refractivity contribution in [2.45, 2.75) is 33.1 Å². The second-order valence-corrected chi connectivity index (χ2v) is 5.13. The van der Waals surface area contributed by atoms with Crippen LogP contribution in [0, 0.1) is 5.92 Å². The minimum absolute atomic E-state index is 0.0867. The lowest BCUT2D eigenvalue weighted by molar-refractivity contribution is -0.152. The predicted molar refractivity (Wildman–Crippen MR) is 81.8 cm³/mol. The number of hydrogen-bond acceptors (Lipinski definition) is 5. The first-order chi connectivity index (χ1) is 10.4. The first-order valence-electron chi connectivity index (χ1n) is 7.21. The standard InChI is InChI=1S/C17H22O5/c1-5-22-17(20)16(12(3)19)15(10-11(2)18)13-6-8-14(21-4)9-7-13/h6-9,15-16H,5,10H2,1-4H3/t15-,16-/m0/s1. The number of esters is 1. The molecular weight excluding hydrogens is 284 g/mol. The Kier molecular flexibility index (Phi) is 6.76. The fraction of sp³-hybridized carbons (Fsp3) is 0.471. The molecule has 0 amide bonds. The lowest BCUT2D eigenvalue weighted by Crippen LogP contribution is -2.31. The Hall–Kier alpha value is -2.17. The van der Waals surface area contributed by atoms with Crippen LogP contribution in [0.4, 0.5) is 0 Å². The maximum absolute atomic E-state index is 12.1. The Balaban J connectivity index is 3.19. The molecule has 0 spiro atoms. The van der Waals surface area contributed by atoms with Crippen LogP contribution in [-0.4, -0.2) is 31.3 Å². The molecule has 1 rings (SSSR count). The van der Waals surface area contributed by atoms with Crippen molar-refractivity contribution in [2.24, 2.45) is 5.92 Å². The van der Waals surface area contributed by atoms with Gasteiger partial charge in [0.1, 0.15) is 23.2 Å². The largest absolute Gasteiger partial charge is 0.497 e. The maximum atomic E-state index is 12.1. The van der Waals surface area contributed by atoms with Crippen LogP contribution in [0.15, 0.2) is 24.3 Å². The van der Waals surface area contributed by atoms with Gasteiger partial charge >= 0.3 is 5.97 Å². The number of carbonyl (C=O) groups is 3. The highest BCUT2D eigenvalue weighted by Crippen LogP contribution is 2.31. The van der Waals surface area contributed by atoms with Gasteiger partial charge in [-0.3, -0.25) is 9.59 Å². The lowest BCUT2D eigenvalue weighted by atomic mass is 9.80. The van der Waals surface area contributed by atoms with Gasteiger partial charge in [-0.15, -0.1) is 0 Å². The van der Waals surface area contributed by atoms with Crippen molar-refractivity contribution >= 4 is 17.5 Å². The topological polar surface area (TPSA) is 69.7 Å². The number of ether oxygens (including phenoxy) is 2. The lowest BCUT2D eigenvalue weighted by Gasteiger charge is -2.23. The van der Waals surface area contributed by atoms with E-state index in [4.69, 9.17) is 9.47 Å². The molecule has 0 radical (unpaired) electrons. The van der Waals surface area contributed by atoms with Gasteiger partial charge in [0.15, 0.2) is 0 Å². The Morgan fingerprint density at radius 2 is 1.68 bits per heavy atom. The molecule has 0 N–H and O–H groups in total. The summed E-state index contributed by atoms with van der Waals surface area (Å²) in [5, 5.41) is 0. The van der Waals surface area contributed by atoms with Gasteiger partial charge < -0.3 is 14.3 Å². The van der Waals surface area contributed by atoms with Crippen LogP contribution >= 0.6 is 0 Å². The van der Waals surface area contributed by atoms with Crippen LogP contribution in [-0.2, 0) is 19.1 Å². The Labute approximate surface area is 130 Å². The van der Waals surface area contributed by atoms with Gasteiger partial charge in [-0.25, -0.2) is 0 Å². The van der Waals surface area contributed by atoms with Crippen molar-refractivity contribution in [3.63, 3.8) is 0 Å². The highest BCUT2D eigenvalue weighted by Gasteiger charge is 2.35. The van der Waals surface area contributed by atoms with Crippen molar-refractivity contribution in [1.82, 2.24) is 0 Å². The van der Waals surface area contributed by atoms with E-state index in [-0.39, 0.29) is 24.6 Å². The zero-order valence-electron chi connectivity index (χ0n) is 13.4. The molecule has 0 aromatic heterocycles. The highest BCUT2D eigenvalue weighted by molar-refractivity contribution is 5.99. The number of rotatable bonds is 8. The van der Waals surface area contributed by atoms with Gasteiger partial charge in [0.05, 0.1) is 13.7 Å². The number of ketones is 2. The van der Waals surface area contributed by atoms with Gasteiger partial charge in [0.2, 0.25) is 0 Å². The number of carbonyl (C=O) groups excluding carboxylic acids is 3. The average molecular weight is 306 g/mol. The van der Waals surface area contributed by atoms with E-state index in [9.17, 15) is 14.4 Å². The first-order valence-corrected chi connectivity index (χ1v) is 7.21. The van der Waals surface area contributed by atoms with E-state index < -0.39 is 17.8 Å². The normalized spacial score (nSPS) is 13.1. The van der Waals surface area contributed by atoms with Crippen LogP contribution < -0.4 is 4.74 Å². The van der Waals surface area contributed by atoms with Gasteiger partial charge in [0.25, 0.3) is 0 Å². The molecule has 0 aliphatic heterocycles. The molecular formula is C17H22O5. The van der Waals surface area contributed by atoms with E-state index in [1.165, 1.54) is 13.8 Å². The zero-order chi connectivity index (χ0) is 16.7. The second-order valence-electron chi connectivity index (χ2n) is 5.13. The molecule has 1 aromatic carbocycles. The summed E-state index contributed by atoms with van der Waals surface area (Å²) in [5.74, 6) is -1.81. The van der Waals surface area contributed by atoms with Crippen LogP contribution in [0.1, 0.15) is 38.7 Å². The molecule has 0 fully saturated rings. The summed E-state index contributed by atoms with van der Waals surface area (Å²) in [5.41, 5.74) is 0.740. The monoisotopic (exact) mass is 306 g/mol. The molecule has 5 heteroatoms. The molecule has 0 saturated carbocycles. The quantitative estimate of drug-likeness (QED) is 0.545. The van der Waals surface area contributed by atoms with E-state index in [2.05, 4.69) is 0 Å². The second kappa shape index (κ2) is 8.32. The van der Waals surface area contributed by atoms with E-state index in [0.29, 0.717) is 5.75 Å². The summed E-state index contributed by atoms with van der Waals surface area (Å²) in [6.45, 7) is 4.66. The van der Waals surface area contributed by atoms with Crippen molar-refractivity contribution in [1.29, 1.82) is 0 Å². The minimum Gasteiger partial charge on any atom is -0.497 e. The third-order valence-electron chi connectivity index (χ3n) is 3.43. The van der Waals surface area contributed by atoms with E-state index in [1.807, 2.05) is 0 Å². The van der Waals surface area contributed by atoms with Gasteiger partial charge in [0, 0.05) is 12.3 Å². The summed E-state index contributed by atoms with van der Waals surface area (Å²) in [4.78, 5) is 35.6. The summed E-state index contributed by atoms with van der Waals surface area (Å²) in [6.07, 6.45) is 0.107. The van der Waals surface area contributed by atoms with Crippen LogP contribution in [0.2, 0.25) is 0 Å². The summed E-state index contributed by atoms with van der Waals surface area (Å²) >= 11 is 0. The van der Waals surface area contributed by atoms with E-state index in [1.54, 1.807) is 38.3 Å². The smallest absolute Gasteiger partial charge is 0.317 e. The molecule has 0 heterocycles. The molecule has 22 heavy (non-hydrogen) atoms. The van der Waals surface area contributed by atoms with E-state index in [0.717, 1.165) is 5.56 Å². The molecule has 0 bridgehead atoms. The van der Waals surface area contributed by atoms with Gasteiger partial charge in [-0.05, 0) is 38.5 Å². The van der Waals surface area contributed by atoms with Gasteiger partial charge in [-0.1, -0.05) is 12.1 Å². The number of benzene rings is 1. The molecule has 0 saturated heterocycles. The third-order valence-corrected chi connectivity index (χ3v) is 3.43. The van der Waals surface area contributed by atoms with Crippen molar-refractivity contribution < 1.29 is 23.9 Å². The van der Waals surface area contributed by atoms with Crippen LogP contribution in [0.25, 0.3) is 0 Å². The number of hydrogen-bond donors (Lipinski definition) is 0. The fourth-order valence-electron chi connectivity index (χ4n) is 2.43. The Bertz CT molecular complexity index is 532. The number of Topliss-reactive ketones (excluding diaryl/α,β-unsaturated/α-hetero) is 2. The highest BCUT2D eigenvalue weighted by atomic mass is 16.5. The SMILES string of the molecule is CCOC(=O)[C@@H](C(C)=O)[C@@H](CC(C)=O)c1ccc(OC)cc1. The van der Waals surface area contributed by atoms with Gasteiger partial charge in [-0.2, -0.15) is 0 Å². The minimum atomic E-state index is -0.975. The summed E-state index contributed by atoms with van der Waals surface area (Å²) in [6, 6.07) is 7.01. The van der Waals surface area contributed by atoms with Crippen LogP contribution in [0.3, 0.4) is 0 Å².